The van der Waals surface area contributed by atoms with Crippen molar-refractivity contribution in [2.24, 2.45) is 0 Å². The molecule has 10 heavy (non-hydrogen) atoms. The first kappa shape index (κ1) is 7.98. The van der Waals surface area contributed by atoms with Crippen molar-refractivity contribution in [3.8, 4) is 0 Å². The highest BCUT2D eigenvalue weighted by Gasteiger charge is 1.99. The van der Waals surface area contributed by atoms with Crippen molar-refractivity contribution in [2.75, 3.05) is 0 Å². The Balaban J connectivity index is 3.31. The Morgan fingerprint density at radius 3 is 2.60 bits per heavy atom. The summed E-state index contributed by atoms with van der Waals surface area (Å²) in [6, 6.07) is 1.90. The van der Waals surface area contributed by atoms with Gasteiger partial charge in [-0.2, -0.15) is 0 Å². The summed E-state index contributed by atoms with van der Waals surface area (Å²) in [6.07, 6.45) is 0. The van der Waals surface area contributed by atoms with Crippen molar-refractivity contribution in [1.82, 2.24) is 4.98 Å². The van der Waals surface area contributed by atoms with Gasteiger partial charge in [-0.05, 0) is 41.1 Å². The smallest absolute Gasteiger partial charge is 0.0497 e. The normalized spacial score (nSPS) is 10.0. The van der Waals surface area contributed by atoms with Gasteiger partial charge in [0.1, 0.15) is 0 Å². The summed E-state index contributed by atoms with van der Waals surface area (Å²) < 4.78 is 0.961. The average molecular weight is 243 g/mol. The molecule has 2 heteroatoms. The molecule has 0 N–H and O–H groups in total. The van der Waals surface area contributed by atoms with Crippen molar-refractivity contribution in [1.29, 1.82) is 0 Å². The van der Waals surface area contributed by atoms with Gasteiger partial charge < -0.3 is 0 Å². The van der Waals surface area contributed by atoms with Crippen LogP contribution in [0.5, 0.6) is 0 Å². The maximum Gasteiger partial charge on any atom is 0.0497 e. The van der Waals surface area contributed by atoms with E-state index in [0.717, 1.165) is 9.26 Å². The third kappa shape index (κ3) is 1.48. The second kappa shape index (κ2) is 2.86. The summed E-state index contributed by atoms with van der Waals surface area (Å²) in [6.45, 7) is 12.9. The maximum absolute atomic E-state index is 5.56. The van der Waals surface area contributed by atoms with E-state index in [2.05, 4.69) is 27.6 Å². The van der Waals surface area contributed by atoms with E-state index in [-0.39, 0.29) is 0 Å². The van der Waals surface area contributed by atoms with Gasteiger partial charge in [-0.15, -0.1) is 0 Å². The fraction of sp³-hybridized carbons (Fsp3) is 0.125. The van der Waals surface area contributed by atoms with E-state index in [1.807, 2.05) is 13.0 Å². The van der Waals surface area contributed by atoms with Crippen LogP contribution >= 0.6 is 22.6 Å². The summed E-state index contributed by atoms with van der Waals surface area (Å²) >= 11 is 2.13. The molecule has 0 fully saturated rings. The van der Waals surface area contributed by atoms with Crippen molar-refractivity contribution in [3.05, 3.63) is 40.4 Å². The van der Waals surface area contributed by atoms with Gasteiger partial charge >= 0.3 is 0 Å². The van der Waals surface area contributed by atoms with E-state index in [1.54, 1.807) is 0 Å². The fourth-order valence-electron chi connectivity index (χ4n) is 0.666. The second-order valence-electron chi connectivity index (χ2n) is 2.04. The Morgan fingerprint density at radius 2 is 2.10 bits per heavy atom. The molecule has 0 aliphatic heterocycles. The molecule has 1 nitrogen and oxygen atoms in total. The molecule has 1 aromatic rings. The first-order chi connectivity index (χ1) is 4.61. The fourth-order valence-corrected chi connectivity index (χ4v) is 1.39. The lowest BCUT2D eigenvalue weighted by Crippen LogP contribution is -1.92. The molecule has 1 aromatic heterocycles. The predicted octanol–water partition coefficient (Wildman–Crippen LogP) is 2.11. The first-order valence-corrected chi connectivity index (χ1v) is 3.87. The van der Waals surface area contributed by atoms with Crippen molar-refractivity contribution >= 4 is 22.6 Å². The molecule has 1 heterocycles. The minimum absolute atomic E-state index is 0.421. The Hall–Kier alpha value is -0.120. The molecule has 0 saturated carbocycles. The van der Waals surface area contributed by atoms with Crippen LogP contribution in [0.15, 0.2) is 6.07 Å². The maximum atomic E-state index is 5.56. The van der Waals surface area contributed by atoms with Crippen molar-refractivity contribution in [2.45, 2.75) is 6.92 Å². The Bertz CT molecular complexity index is 232. The van der Waals surface area contributed by atoms with E-state index in [9.17, 15) is 0 Å². The number of hydrogen-bond acceptors (Lipinski definition) is 1. The zero-order chi connectivity index (χ0) is 7.72. The van der Waals surface area contributed by atoms with Gasteiger partial charge in [0.25, 0.3) is 0 Å². The summed E-state index contributed by atoms with van der Waals surface area (Å²) in [7, 11) is 0. The molecule has 0 spiro atoms. The zero-order valence-electron chi connectivity index (χ0n) is 5.56. The topological polar surface area (TPSA) is 12.9 Å². The molecule has 0 aliphatic carbocycles. The molecule has 0 unspecified atom stereocenters. The third-order valence-electron chi connectivity index (χ3n) is 1.17. The predicted molar refractivity (Wildman–Crippen MR) is 48.5 cm³/mol. The van der Waals surface area contributed by atoms with E-state index in [1.165, 1.54) is 0 Å². The second-order valence-corrected chi connectivity index (χ2v) is 3.21. The number of rotatable bonds is 0. The number of aromatic nitrogens is 1. The summed E-state index contributed by atoms with van der Waals surface area (Å²) in [5.41, 5.74) is 1.90. The molecule has 0 aromatic carbocycles. The molecule has 50 valence electrons. The van der Waals surface area contributed by atoms with Crippen LogP contribution in [0.1, 0.15) is 17.0 Å². The highest BCUT2D eigenvalue weighted by atomic mass is 127. The highest BCUT2D eigenvalue weighted by molar-refractivity contribution is 14.1. The van der Waals surface area contributed by atoms with Gasteiger partial charge in [-0.3, -0.25) is 4.98 Å². The van der Waals surface area contributed by atoms with Gasteiger partial charge in [0, 0.05) is 28.8 Å². The van der Waals surface area contributed by atoms with Crippen LogP contribution in [-0.4, -0.2) is 4.98 Å². The Labute approximate surface area is 75.0 Å². The van der Waals surface area contributed by atoms with Gasteiger partial charge in [0.2, 0.25) is 0 Å². The lowest BCUT2D eigenvalue weighted by molar-refractivity contribution is 1.14. The van der Waals surface area contributed by atoms with Gasteiger partial charge in [0.05, 0.1) is 0 Å². The van der Waals surface area contributed by atoms with Crippen LogP contribution in [0.4, 0.5) is 0 Å². The lowest BCUT2D eigenvalue weighted by atomic mass is 10.2. The van der Waals surface area contributed by atoms with Gasteiger partial charge in [0.15, 0.2) is 0 Å². The molecular weight excluding hydrogens is 237 g/mol. The third-order valence-corrected chi connectivity index (χ3v) is 2.06. The molecule has 4 radical (unpaired) electrons. The van der Waals surface area contributed by atoms with E-state index in [4.69, 9.17) is 13.8 Å². The van der Waals surface area contributed by atoms with Gasteiger partial charge in [-0.1, -0.05) is 0 Å². The van der Waals surface area contributed by atoms with E-state index in [0.29, 0.717) is 11.3 Å². The number of pyridine rings is 1. The number of nitrogens with zero attached hydrogens (tertiary/aromatic N) is 1. The quantitative estimate of drug-likeness (QED) is 0.636. The molecule has 0 saturated heterocycles. The minimum atomic E-state index is 0.421. The molecule has 1 rings (SSSR count). The summed E-state index contributed by atoms with van der Waals surface area (Å²) in [5.74, 6) is 0. The van der Waals surface area contributed by atoms with Crippen molar-refractivity contribution in [3.63, 3.8) is 0 Å². The molecule has 0 atom stereocenters. The molecule has 0 bridgehead atoms. The minimum Gasteiger partial charge on any atom is -0.257 e. The van der Waals surface area contributed by atoms with Crippen LogP contribution in [0.3, 0.4) is 0 Å². The lowest BCUT2D eigenvalue weighted by Gasteiger charge is -2.01. The van der Waals surface area contributed by atoms with Crippen LogP contribution in [-0.2, 0) is 0 Å². The van der Waals surface area contributed by atoms with E-state index < -0.39 is 0 Å². The summed E-state index contributed by atoms with van der Waals surface area (Å²) in [4.78, 5) is 3.98. The monoisotopic (exact) mass is 243 g/mol. The van der Waals surface area contributed by atoms with Crippen molar-refractivity contribution < 1.29 is 0 Å². The van der Waals surface area contributed by atoms with Crippen LogP contribution in [0, 0.1) is 24.3 Å². The van der Waals surface area contributed by atoms with Crippen LogP contribution in [0.25, 0.3) is 0 Å². The molecular formula is C8H6IN. The number of halogens is 1. The van der Waals surface area contributed by atoms with E-state index >= 15 is 0 Å². The highest BCUT2D eigenvalue weighted by Crippen LogP contribution is 2.14. The van der Waals surface area contributed by atoms with Crippen LogP contribution in [0.2, 0.25) is 0 Å². The number of hydrogen-bond donors (Lipinski definition) is 0. The largest absolute Gasteiger partial charge is 0.257 e. The zero-order valence-corrected chi connectivity index (χ0v) is 7.71. The van der Waals surface area contributed by atoms with Crippen LogP contribution < -0.4 is 0 Å². The van der Waals surface area contributed by atoms with Gasteiger partial charge in [-0.25, -0.2) is 0 Å². The SMILES string of the molecule is [CH]c1nc(C)cc(I)c1[CH]. The molecule has 0 aliphatic rings. The Kier molecular flexibility index (Phi) is 2.28. The molecule has 0 amide bonds. The first-order valence-electron chi connectivity index (χ1n) is 2.79. The average Bonchev–Trinajstić information content (AvgIpc) is 1.82. The standard InChI is InChI=1S/C8H6IN/c1-5-4-8(9)6(2)7(3)10-5/h2-4H,1H3. The summed E-state index contributed by atoms with van der Waals surface area (Å²) in [5, 5.41) is 0. The Morgan fingerprint density at radius 1 is 1.50 bits per heavy atom. The number of aryl methyl sites for hydroxylation is 1.